The predicted octanol–water partition coefficient (Wildman–Crippen LogP) is 4.02. The molecule has 0 amide bonds. The van der Waals surface area contributed by atoms with Gasteiger partial charge < -0.3 is 14.8 Å². The second-order valence-corrected chi connectivity index (χ2v) is 8.19. The minimum atomic E-state index is 0.0517. The number of nitrogens with one attached hydrogen (secondary N) is 1. The summed E-state index contributed by atoms with van der Waals surface area (Å²) in [5.41, 5.74) is 1.69. The fourth-order valence-corrected chi connectivity index (χ4v) is 4.43. The fraction of sp³-hybridized carbons (Fsp3) is 0.500. The predicted molar refractivity (Wildman–Crippen MR) is 105 cm³/mol. The van der Waals surface area contributed by atoms with Crippen molar-refractivity contribution in [2.75, 3.05) is 25.1 Å². The van der Waals surface area contributed by atoms with Crippen LogP contribution in [0.1, 0.15) is 42.6 Å². The average Bonchev–Trinajstić information content (AvgIpc) is 3.31. The van der Waals surface area contributed by atoms with E-state index < -0.39 is 0 Å². The Bertz CT molecular complexity index is 745. The highest BCUT2D eigenvalue weighted by molar-refractivity contribution is 8.00. The summed E-state index contributed by atoms with van der Waals surface area (Å²) in [6.45, 7) is 5.74. The Labute approximate surface area is 161 Å². The molecule has 2 heterocycles. The Morgan fingerprint density at radius 3 is 3.08 bits per heavy atom. The maximum absolute atomic E-state index is 11.6. The molecule has 0 bridgehead atoms. The van der Waals surface area contributed by atoms with E-state index in [-0.39, 0.29) is 11.9 Å². The maximum atomic E-state index is 11.6. The first kappa shape index (κ1) is 19.1. The summed E-state index contributed by atoms with van der Waals surface area (Å²) < 4.78 is 12.2. The first-order valence-electron chi connectivity index (χ1n) is 8.74. The van der Waals surface area contributed by atoms with Crippen molar-refractivity contribution in [1.82, 2.24) is 10.2 Å². The van der Waals surface area contributed by atoms with E-state index >= 15 is 0 Å². The lowest BCUT2D eigenvalue weighted by atomic mass is 10.1. The van der Waals surface area contributed by atoms with E-state index in [1.54, 1.807) is 24.8 Å². The minimum absolute atomic E-state index is 0.0517. The third kappa shape index (κ3) is 5.18. The van der Waals surface area contributed by atoms with Crippen LogP contribution >= 0.6 is 23.1 Å². The molecule has 1 fully saturated rings. The molecule has 1 atom stereocenters. The van der Waals surface area contributed by atoms with Gasteiger partial charge in [0.25, 0.3) is 0 Å². The highest BCUT2D eigenvalue weighted by Crippen LogP contribution is 2.32. The van der Waals surface area contributed by atoms with E-state index in [9.17, 15) is 4.79 Å². The number of aromatic nitrogens is 2. The Balaban J connectivity index is 1.59. The zero-order valence-electron chi connectivity index (χ0n) is 15.0. The number of hydrogen-bond donors (Lipinski definition) is 1. The number of carbonyl (C=O) groups is 1. The van der Waals surface area contributed by atoms with Crippen LogP contribution in [0, 0.1) is 0 Å². The number of anilines is 1. The fourth-order valence-electron chi connectivity index (χ4n) is 2.69. The molecule has 0 spiro atoms. The van der Waals surface area contributed by atoms with Crippen molar-refractivity contribution < 1.29 is 14.3 Å². The van der Waals surface area contributed by atoms with Crippen LogP contribution in [0.4, 0.5) is 5.13 Å². The summed E-state index contributed by atoms with van der Waals surface area (Å²) in [6.07, 6.45) is 2.50. The van der Waals surface area contributed by atoms with Crippen LogP contribution in [-0.4, -0.2) is 41.8 Å². The smallest absolute Gasteiger partial charge is 0.206 e. The molecular formula is C18H23N3O3S2. The SMILES string of the molecule is CCOc1ccc(C(C)=O)cc1CSc1nnc(NCC2CCCO2)s1. The van der Waals surface area contributed by atoms with Crippen LogP contribution in [0.25, 0.3) is 0 Å². The van der Waals surface area contributed by atoms with E-state index in [2.05, 4.69) is 15.5 Å². The molecule has 6 nitrogen and oxygen atoms in total. The van der Waals surface area contributed by atoms with E-state index in [0.29, 0.717) is 17.9 Å². The van der Waals surface area contributed by atoms with Crippen LogP contribution in [0.3, 0.4) is 0 Å². The summed E-state index contributed by atoms with van der Waals surface area (Å²) in [7, 11) is 0. The Morgan fingerprint density at radius 2 is 2.35 bits per heavy atom. The molecule has 8 heteroatoms. The van der Waals surface area contributed by atoms with Gasteiger partial charge in [-0.25, -0.2) is 0 Å². The van der Waals surface area contributed by atoms with Crippen LogP contribution in [0.15, 0.2) is 22.5 Å². The highest BCUT2D eigenvalue weighted by atomic mass is 32.2. The number of thioether (sulfide) groups is 1. The third-order valence-electron chi connectivity index (χ3n) is 4.03. The number of ketones is 1. The van der Waals surface area contributed by atoms with E-state index in [4.69, 9.17) is 9.47 Å². The lowest BCUT2D eigenvalue weighted by Crippen LogP contribution is -2.18. The molecule has 3 rings (SSSR count). The van der Waals surface area contributed by atoms with Crippen molar-refractivity contribution in [2.24, 2.45) is 0 Å². The van der Waals surface area contributed by atoms with Gasteiger partial charge in [0.05, 0.1) is 12.7 Å². The van der Waals surface area contributed by atoms with Gasteiger partial charge in [0.2, 0.25) is 5.13 Å². The number of nitrogens with zero attached hydrogens (tertiary/aromatic N) is 2. The van der Waals surface area contributed by atoms with Gasteiger partial charge in [-0.3, -0.25) is 4.79 Å². The molecule has 1 aliphatic heterocycles. The molecule has 1 aliphatic rings. The Kier molecular flexibility index (Phi) is 6.87. The molecule has 0 radical (unpaired) electrons. The summed E-state index contributed by atoms with van der Waals surface area (Å²) in [6, 6.07) is 5.57. The van der Waals surface area contributed by atoms with Gasteiger partial charge in [0.1, 0.15) is 5.75 Å². The van der Waals surface area contributed by atoms with E-state index in [1.807, 2.05) is 19.1 Å². The summed E-state index contributed by atoms with van der Waals surface area (Å²) in [5.74, 6) is 1.54. The third-order valence-corrected chi connectivity index (χ3v) is 6.09. The van der Waals surface area contributed by atoms with Crippen molar-refractivity contribution in [1.29, 1.82) is 0 Å². The van der Waals surface area contributed by atoms with Crippen molar-refractivity contribution in [3.8, 4) is 5.75 Å². The van der Waals surface area contributed by atoms with Crippen molar-refractivity contribution in [3.63, 3.8) is 0 Å². The molecule has 1 aromatic heterocycles. The highest BCUT2D eigenvalue weighted by Gasteiger charge is 2.16. The molecule has 0 saturated carbocycles. The number of ether oxygens (including phenoxy) is 2. The van der Waals surface area contributed by atoms with E-state index in [1.165, 1.54) is 11.3 Å². The molecule has 1 saturated heterocycles. The lowest BCUT2D eigenvalue weighted by molar-refractivity contribution is 0.101. The summed E-state index contributed by atoms with van der Waals surface area (Å²) in [4.78, 5) is 11.6. The van der Waals surface area contributed by atoms with Crippen molar-refractivity contribution in [2.45, 2.75) is 42.9 Å². The zero-order valence-corrected chi connectivity index (χ0v) is 16.6. The van der Waals surface area contributed by atoms with Gasteiger partial charge in [-0.1, -0.05) is 23.1 Å². The summed E-state index contributed by atoms with van der Waals surface area (Å²) in [5, 5.41) is 12.5. The number of hydrogen-bond acceptors (Lipinski definition) is 8. The maximum Gasteiger partial charge on any atom is 0.206 e. The van der Waals surface area contributed by atoms with Gasteiger partial charge >= 0.3 is 0 Å². The Hall–Kier alpha value is -1.64. The van der Waals surface area contributed by atoms with Crippen LogP contribution in [0.2, 0.25) is 0 Å². The number of rotatable bonds is 9. The zero-order chi connectivity index (χ0) is 18.4. The van der Waals surface area contributed by atoms with Gasteiger partial charge in [0.15, 0.2) is 10.1 Å². The van der Waals surface area contributed by atoms with Crippen LogP contribution in [0.5, 0.6) is 5.75 Å². The standard InChI is InChI=1S/C18H23N3O3S2/c1-3-23-16-7-6-13(12(2)22)9-14(16)11-25-18-21-20-17(26-18)19-10-15-5-4-8-24-15/h6-7,9,15H,3-5,8,10-11H2,1-2H3,(H,19,20). The topological polar surface area (TPSA) is 73.3 Å². The van der Waals surface area contributed by atoms with Crippen molar-refractivity contribution >= 4 is 34.0 Å². The second-order valence-electron chi connectivity index (χ2n) is 5.99. The van der Waals surface area contributed by atoms with Crippen molar-refractivity contribution in [3.05, 3.63) is 29.3 Å². The first-order chi connectivity index (χ1) is 12.7. The second kappa shape index (κ2) is 9.34. The van der Waals surface area contributed by atoms with Gasteiger partial charge in [-0.15, -0.1) is 10.2 Å². The molecule has 1 N–H and O–H groups in total. The normalized spacial score (nSPS) is 16.6. The number of benzene rings is 1. The lowest BCUT2D eigenvalue weighted by Gasteiger charge is -2.10. The first-order valence-corrected chi connectivity index (χ1v) is 10.5. The van der Waals surface area contributed by atoms with Crippen LogP contribution < -0.4 is 10.1 Å². The molecule has 1 aromatic carbocycles. The molecule has 2 aromatic rings. The van der Waals surface area contributed by atoms with Gasteiger partial charge in [-0.05, 0) is 44.9 Å². The van der Waals surface area contributed by atoms with Crippen LogP contribution in [-0.2, 0) is 10.5 Å². The van der Waals surface area contributed by atoms with Gasteiger partial charge in [0, 0.05) is 30.0 Å². The summed E-state index contributed by atoms with van der Waals surface area (Å²) >= 11 is 3.13. The molecule has 26 heavy (non-hydrogen) atoms. The number of carbonyl (C=O) groups excluding carboxylic acids is 1. The quantitative estimate of drug-likeness (QED) is 0.509. The van der Waals surface area contributed by atoms with E-state index in [0.717, 1.165) is 46.8 Å². The molecule has 140 valence electrons. The minimum Gasteiger partial charge on any atom is -0.494 e. The number of Topliss-reactive ketones (excluding diaryl/α,β-unsaturated/α-hetero) is 1. The monoisotopic (exact) mass is 393 g/mol. The molecule has 0 aliphatic carbocycles. The average molecular weight is 394 g/mol. The molecular weight excluding hydrogens is 370 g/mol. The molecule has 1 unspecified atom stereocenters. The largest absolute Gasteiger partial charge is 0.494 e. The van der Waals surface area contributed by atoms with Gasteiger partial charge in [-0.2, -0.15) is 0 Å². The Morgan fingerprint density at radius 1 is 1.46 bits per heavy atom.